The summed E-state index contributed by atoms with van der Waals surface area (Å²) in [5.74, 6) is 1.83. The molecule has 9 rings (SSSR count). The number of aromatic nitrogens is 4. The van der Waals surface area contributed by atoms with Crippen molar-refractivity contribution in [2.75, 3.05) is 0 Å². The lowest BCUT2D eigenvalue weighted by atomic mass is 9.92. The van der Waals surface area contributed by atoms with Crippen molar-refractivity contribution in [2.45, 2.75) is 0 Å². The van der Waals surface area contributed by atoms with Gasteiger partial charge < -0.3 is 4.42 Å². The summed E-state index contributed by atoms with van der Waals surface area (Å²) in [6, 6.07) is 41.6. The number of hydrogen-bond acceptors (Lipinski definition) is 5. The normalized spacial score (nSPS) is 11.7. The first-order chi connectivity index (χ1) is 21.3. The maximum absolute atomic E-state index is 6.18. The van der Waals surface area contributed by atoms with E-state index in [2.05, 4.69) is 71.7 Å². The van der Waals surface area contributed by atoms with Crippen molar-refractivity contribution in [1.82, 2.24) is 19.9 Å². The summed E-state index contributed by atoms with van der Waals surface area (Å²) in [6.07, 6.45) is 3.58. The minimum Gasteiger partial charge on any atom is -0.456 e. The molecule has 0 fully saturated rings. The molecule has 0 aliphatic heterocycles. The van der Waals surface area contributed by atoms with Crippen LogP contribution in [-0.4, -0.2) is 19.9 Å². The van der Waals surface area contributed by atoms with Gasteiger partial charge in [0, 0.05) is 39.9 Å². The lowest BCUT2D eigenvalue weighted by Gasteiger charge is -2.14. The van der Waals surface area contributed by atoms with E-state index in [0.717, 1.165) is 49.4 Å². The van der Waals surface area contributed by atoms with Crippen LogP contribution in [0.2, 0.25) is 0 Å². The Bertz CT molecular complexity index is 2500. The molecular formula is C38H22N4O. The molecule has 3 heterocycles. The third kappa shape index (κ3) is 3.72. The number of furan rings is 1. The molecule has 0 saturated heterocycles. The van der Waals surface area contributed by atoms with Gasteiger partial charge in [-0.15, -0.1) is 0 Å². The second-order valence-electron chi connectivity index (χ2n) is 10.7. The van der Waals surface area contributed by atoms with Crippen LogP contribution < -0.4 is 0 Å². The molecule has 0 radical (unpaired) electrons. The lowest BCUT2D eigenvalue weighted by molar-refractivity contribution is 0.668. The minimum absolute atomic E-state index is 0.586. The second-order valence-corrected chi connectivity index (χ2v) is 10.7. The summed E-state index contributed by atoms with van der Waals surface area (Å²) in [4.78, 5) is 19.7. The third-order valence-electron chi connectivity index (χ3n) is 8.19. The van der Waals surface area contributed by atoms with Crippen LogP contribution in [0.3, 0.4) is 0 Å². The Labute approximate surface area is 246 Å². The van der Waals surface area contributed by atoms with Crippen LogP contribution in [0.4, 0.5) is 0 Å². The molecule has 0 bridgehead atoms. The van der Waals surface area contributed by atoms with Gasteiger partial charge in [0.05, 0.1) is 0 Å². The molecule has 0 aliphatic carbocycles. The van der Waals surface area contributed by atoms with Crippen molar-refractivity contribution >= 4 is 54.3 Å². The Morgan fingerprint density at radius 2 is 1.16 bits per heavy atom. The molecule has 0 unspecified atom stereocenters. The third-order valence-corrected chi connectivity index (χ3v) is 8.19. The predicted octanol–water partition coefficient (Wildman–Crippen LogP) is 9.63. The zero-order valence-corrected chi connectivity index (χ0v) is 22.9. The zero-order valence-electron chi connectivity index (χ0n) is 22.9. The van der Waals surface area contributed by atoms with Crippen LogP contribution in [0.25, 0.3) is 88.4 Å². The van der Waals surface area contributed by atoms with E-state index >= 15 is 0 Å². The number of fused-ring (bicyclic) bond motifs is 8. The summed E-state index contributed by atoms with van der Waals surface area (Å²) in [6.45, 7) is 0. The number of pyridine rings is 1. The van der Waals surface area contributed by atoms with E-state index in [0.29, 0.717) is 17.5 Å². The smallest absolute Gasteiger partial charge is 0.164 e. The summed E-state index contributed by atoms with van der Waals surface area (Å²) in [5.41, 5.74) is 4.31. The molecule has 0 aliphatic rings. The molecule has 200 valence electrons. The van der Waals surface area contributed by atoms with Gasteiger partial charge in [0.25, 0.3) is 0 Å². The average Bonchev–Trinajstić information content (AvgIpc) is 3.47. The van der Waals surface area contributed by atoms with Crippen molar-refractivity contribution in [1.29, 1.82) is 0 Å². The fourth-order valence-electron chi connectivity index (χ4n) is 6.25. The Kier molecular flexibility index (Phi) is 5.13. The summed E-state index contributed by atoms with van der Waals surface area (Å²) in [5, 5.41) is 8.92. The predicted molar refractivity (Wildman–Crippen MR) is 174 cm³/mol. The Morgan fingerprint density at radius 1 is 0.442 bits per heavy atom. The monoisotopic (exact) mass is 550 g/mol. The summed E-state index contributed by atoms with van der Waals surface area (Å²) < 4.78 is 6.18. The Hall–Kier alpha value is -5.94. The molecule has 0 amide bonds. The van der Waals surface area contributed by atoms with Crippen molar-refractivity contribution in [2.24, 2.45) is 0 Å². The average molecular weight is 551 g/mol. The van der Waals surface area contributed by atoms with Crippen LogP contribution in [0.15, 0.2) is 138 Å². The maximum Gasteiger partial charge on any atom is 0.164 e. The topological polar surface area (TPSA) is 64.7 Å². The van der Waals surface area contributed by atoms with Crippen molar-refractivity contribution in [3.8, 4) is 34.2 Å². The first kappa shape index (κ1) is 23.7. The molecule has 9 aromatic rings. The number of rotatable bonds is 3. The van der Waals surface area contributed by atoms with Gasteiger partial charge in [0.1, 0.15) is 11.2 Å². The van der Waals surface area contributed by atoms with Crippen molar-refractivity contribution in [3.05, 3.63) is 134 Å². The molecule has 0 atom stereocenters. The van der Waals surface area contributed by atoms with E-state index in [1.54, 1.807) is 6.20 Å². The van der Waals surface area contributed by atoms with Gasteiger partial charge in [0.15, 0.2) is 17.5 Å². The molecular weight excluding hydrogens is 528 g/mol. The Morgan fingerprint density at radius 3 is 2.02 bits per heavy atom. The number of benzene rings is 6. The molecule has 5 nitrogen and oxygen atoms in total. The van der Waals surface area contributed by atoms with Crippen molar-refractivity contribution in [3.63, 3.8) is 0 Å². The molecule has 0 N–H and O–H groups in total. The molecule has 0 saturated carbocycles. The second kappa shape index (κ2) is 9.29. The number of nitrogens with zero attached hydrogens (tertiary/aromatic N) is 4. The standard InChI is InChI=1S/C38H22N4O/c1-2-10-24(11-3-1)36-40-37(29-15-8-16-33-35(29)31-22-39-20-19-32(31)43-33)42-38(41-36)30-21-25-12-5-7-14-27(25)34-26-13-6-4-9-23(26)17-18-28(30)34/h1-22H. The van der Waals surface area contributed by atoms with Gasteiger partial charge in [0.2, 0.25) is 0 Å². The van der Waals surface area contributed by atoms with Crippen LogP contribution in [0, 0.1) is 0 Å². The van der Waals surface area contributed by atoms with Gasteiger partial charge in [-0.05, 0) is 50.5 Å². The van der Waals surface area contributed by atoms with Crippen LogP contribution >= 0.6 is 0 Å². The van der Waals surface area contributed by atoms with Gasteiger partial charge in [-0.25, -0.2) is 15.0 Å². The molecule has 43 heavy (non-hydrogen) atoms. The number of hydrogen-bond donors (Lipinski definition) is 0. The zero-order chi connectivity index (χ0) is 28.3. The molecule has 0 spiro atoms. The first-order valence-electron chi connectivity index (χ1n) is 14.2. The first-order valence-corrected chi connectivity index (χ1v) is 14.2. The van der Waals surface area contributed by atoms with E-state index in [1.807, 2.05) is 60.8 Å². The molecule has 3 aromatic heterocycles. The van der Waals surface area contributed by atoms with Crippen LogP contribution in [0.5, 0.6) is 0 Å². The van der Waals surface area contributed by atoms with Gasteiger partial charge in [-0.2, -0.15) is 0 Å². The van der Waals surface area contributed by atoms with Gasteiger partial charge in [-0.3, -0.25) is 4.98 Å². The largest absolute Gasteiger partial charge is 0.456 e. The lowest BCUT2D eigenvalue weighted by Crippen LogP contribution is -2.01. The van der Waals surface area contributed by atoms with E-state index in [9.17, 15) is 0 Å². The quantitative estimate of drug-likeness (QED) is 0.205. The highest BCUT2D eigenvalue weighted by atomic mass is 16.3. The fourth-order valence-corrected chi connectivity index (χ4v) is 6.25. The SMILES string of the molecule is c1ccc(-c2nc(-c3cc4ccccc4c4c3ccc3ccccc34)nc(-c3cccc4oc5ccncc5c34)n2)cc1. The summed E-state index contributed by atoms with van der Waals surface area (Å²) in [7, 11) is 0. The highest BCUT2D eigenvalue weighted by molar-refractivity contribution is 6.23. The Balaban J connectivity index is 1.40. The van der Waals surface area contributed by atoms with E-state index < -0.39 is 0 Å². The van der Waals surface area contributed by atoms with E-state index in [4.69, 9.17) is 19.4 Å². The van der Waals surface area contributed by atoms with Crippen LogP contribution in [0.1, 0.15) is 0 Å². The van der Waals surface area contributed by atoms with E-state index in [1.165, 1.54) is 21.5 Å². The van der Waals surface area contributed by atoms with Gasteiger partial charge in [-0.1, -0.05) is 103 Å². The van der Waals surface area contributed by atoms with Crippen LogP contribution in [-0.2, 0) is 0 Å². The maximum atomic E-state index is 6.18. The highest BCUT2D eigenvalue weighted by Gasteiger charge is 2.20. The fraction of sp³-hybridized carbons (Fsp3) is 0. The minimum atomic E-state index is 0.586. The van der Waals surface area contributed by atoms with Gasteiger partial charge >= 0.3 is 0 Å². The van der Waals surface area contributed by atoms with E-state index in [-0.39, 0.29) is 0 Å². The molecule has 5 heteroatoms. The molecule has 6 aromatic carbocycles. The summed E-state index contributed by atoms with van der Waals surface area (Å²) >= 11 is 0. The highest BCUT2D eigenvalue weighted by Crippen LogP contribution is 2.40. The van der Waals surface area contributed by atoms with Crippen molar-refractivity contribution < 1.29 is 4.42 Å².